The van der Waals surface area contributed by atoms with Crippen molar-refractivity contribution in [1.29, 1.82) is 0 Å². The van der Waals surface area contributed by atoms with Crippen molar-refractivity contribution in [1.82, 2.24) is 15.2 Å². The molecule has 2 rings (SSSR count). The average Bonchev–Trinajstić information content (AvgIpc) is 2.82. The number of hydrogen-bond donors (Lipinski definition) is 2. The normalized spacial score (nSPS) is 12.6. The fourth-order valence-electron chi connectivity index (χ4n) is 2.05. The van der Waals surface area contributed by atoms with E-state index in [0.717, 1.165) is 28.0 Å². The number of nitrogens with two attached hydrogens (primary N) is 1. The van der Waals surface area contributed by atoms with Crippen LogP contribution < -0.4 is 11.3 Å². The summed E-state index contributed by atoms with van der Waals surface area (Å²) in [6, 6.07) is 6.49. The zero-order chi connectivity index (χ0) is 15.2. The van der Waals surface area contributed by atoms with E-state index in [9.17, 15) is 4.39 Å². The minimum atomic E-state index is -0.227. The highest BCUT2D eigenvalue weighted by Gasteiger charge is 2.19. The average molecular weight is 373 g/mol. The van der Waals surface area contributed by atoms with E-state index < -0.39 is 0 Å². The zero-order valence-corrected chi connectivity index (χ0v) is 14.1. The second-order valence-electron chi connectivity index (χ2n) is 4.59. The molecule has 7 heteroatoms. The number of hydrazine groups is 1. The van der Waals surface area contributed by atoms with Gasteiger partial charge in [-0.05, 0) is 40.5 Å². The smallest absolute Gasteiger partial charge is 0.124 e. The van der Waals surface area contributed by atoms with Gasteiger partial charge in [-0.2, -0.15) is 5.10 Å². The molecule has 0 saturated heterocycles. The van der Waals surface area contributed by atoms with Crippen LogP contribution in [0.2, 0.25) is 0 Å². The van der Waals surface area contributed by atoms with Crippen molar-refractivity contribution in [2.24, 2.45) is 5.84 Å². The Labute approximate surface area is 136 Å². The highest BCUT2D eigenvalue weighted by molar-refractivity contribution is 9.10. The second-order valence-corrected chi connectivity index (χ2v) is 6.54. The lowest BCUT2D eigenvalue weighted by Gasteiger charge is -2.18. The number of hydrogen-bond acceptors (Lipinski definition) is 4. The van der Waals surface area contributed by atoms with Gasteiger partial charge in [-0.1, -0.05) is 13.0 Å². The molecule has 1 aromatic heterocycles. The van der Waals surface area contributed by atoms with Crippen molar-refractivity contribution in [3.63, 3.8) is 0 Å². The molecule has 114 valence electrons. The maximum absolute atomic E-state index is 13.2. The number of nitrogens with zero attached hydrogens (tertiary/aromatic N) is 2. The van der Waals surface area contributed by atoms with Crippen molar-refractivity contribution in [2.75, 3.05) is 5.75 Å². The largest absolute Gasteiger partial charge is 0.271 e. The van der Waals surface area contributed by atoms with Crippen LogP contribution in [0.4, 0.5) is 4.39 Å². The quantitative estimate of drug-likeness (QED) is 0.443. The second kappa shape index (κ2) is 7.93. The van der Waals surface area contributed by atoms with E-state index in [1.54, 1.807) is 24.0 Å². The SMILES string of the molecule is CCCn1ncc(Br)c1C(CSc1cccc(F)c1)NN. The van der Waals surface area contributed by atoms with Crippen molar-refractivity contribution in [3.8, 4) is 0 Å². The molecule has 2 aromatic rings. The first-order chi connectivity index (χ1) is 10.2. The monoisotopic (exact) mass is 372 g/mol. The van der Waals surface area contributed by atoms with Gasteiger partial charge >= 0.3 is 0 Å². The van der Waals surface area contributed by atoms with Gasteiger partial charge in [-0.15, -0.1) is 11.8 Å². The van der Waals surface area contributed by atoms with Gasteiger partial charge in [-0.3, -0.25) is 16.0 Å². The molecule has 0 saturated carbocycles. The van der Waals surface area contributed by atoms with Gasteiger partial charge in [0.25, 0.3) is 0 Å². The summed E-state index contributed by atoms with van der Waals surface area (Å²) in [4.78, 5) is 0.882. The molecule has 0 aliphatic carbocycles. The number of benzene rings is 1. The number of aryl methyl sites for hydroxylation is 1. The molecule has 0 spiro atoms. The Morgan fingerprint density at radius 2 is 2.33 bits per heavy atom. The highest BCUT2D eigenvalue weighted by Crippen LogP contribution is 2.29. The number of halogens is 2. The minimum Gasteiger partial charge on any atom is -0.271 e. The summed E-state index contributed by atoms with van der Waals surface area (Å²) in [7, 11) is 0. The lowest BCUT2D eigenvalue weighted by atomic mass is 10.2. The fraction of sp³-hybridized carbons (Fsp3) is 0.357. The summed E-state index contributed by atoms with van der Waals surface area (Å²) in [6.07, 6.45) is 2.78. The van der Waals surface area contributed by atoms with Gasteiger partial charge in [0.2, 0.25) is 0 Å². The molecule has 0 radical (unpaired) electrons. The van der Waals surface area contributed by atoms with Crippen LogP contribution in [0.25, 0.3) is 0 Å². The van der Waals surface area contributed by atoms with E-state index in [-0.39, 0.29) is 11.9 Å². The Morgan fingerprint density at radius 3 is 3.00 bits per heavy atom. The van der Waals surface area contributed by atoms with Gasteiger partial charge in [0.15, 0.2) is 0 Å². The Morgan fingerprint density at radius 1 is 1.52 bits per heavy atom. The highest BCUT2D eigenvalue weighted by atomic mass is 79.9. The molecular formula is C14H18BrFN4S. The molecule has 4 nitrogen and oxygen atoms in total. The molecule has 0 fully saturated rings. The molecule has 1 unspecified atom stereocenters. The zero-order valence-electron chi connectivity index (χ0n) is 11.7. The van der Waals surface area contributed by atoms with Crippen molar-refractivity contribution < 1.29 is 4.39 Å². The van der Waals surface area contributed by atoms with Crippen LogP contribution in [-0.4, -0.2) is 15.5 Å². The van der Waals surface area contributed by atoms with Gasteiger partial charge in [0, 0.05) is 17.2 Å². The maximum atomic E-state index is 13.2. The summed E-state index contributed by atoms with van der Waals surface area (Å²) >= 11 is 5.07. The van der Waals surface area contributed by atoms with Crippen LogP contribution in [0.1, 0.15) is 25.1 Å². The lowest BCUT2D eigenvalue weighted by molar-refractivity contribution is 0.507. The summed E-state index contributed by atoms with van der Waals surface area (Å²) in [6.45, 7) is 2.94. The summed E-state index contributed by atoms with van der Waals surface area (Å²) in [5.41, 5.74) is 3.84. The number of aromatic nitrogens is 2. The topological polar surface area (TPSA) is 55.9 Å². The van der Waals surface area contributed by atoms with Crippen LogP contribution >= 0.6 is 27.7 Å². The van der Waals surface area contributed by atoms with E-state index in [2.05, 4.69) is 33.4 Å². The predicted octanol–water partition coefficient (Wildman–Crippen LogP) is 3.49. The number of nitrogens with one attached hydrogen (secondary N) is 1. The van der Waals surface area contributed by atoms with Crippen LogP contribution in [-0.2, 0) is 6.54 Å². The van der Waals surface area contributed by atoms with E-state index >= 15 is 0 Å². The molecule has 0 aliphatic rings. The summed E-state index contributed by atoms with van der Waals surface area (Å²) in [5.74, 6) is 6.15. The third kappa shape index (κ3) is 4.29. The maximum Gasteiger partial charge on any atom is 0.124 e. The van der Waals surface area contributed by atoms with Crippen molar-refractivity contribution in [3.05, 3.63) is 46.4 Å². The van der Waals surface area contributed by atoms with E-state index in [1.165, 1.54) is 12.1 Å². The Bertz CT molecular complexity index is 590. The molecule has 0 aliphatic heterocycles. The van der Waals surface area contributed by atoms with E-state index in [4.69, 9.17) is 5.84 Å². The molecule has 1 aromatic carbocycles. The predicted molar refractivity (Wildman–Crippen MR) is 87.4 cm³/mol. The van der Waals surface area contributed by atoms with Crippen LogP contribution in [0, 0.1) is 5.82 Å². The van der Waals surface area contributed by atoms with Gasteiger partial charge < -0.3 is 0 Å². The third-order valence-electron chi connectivity index (χ3n) is 3.01. The lowest BCUT2D eigenvalue weighted by Crippen LogP contribution is -2.32. The third-order valence-corrected chi connectivity index (χ3v) is 4.71. The van der Waals surface area contributed by atoms with Crippen LogP contribution in [0.5, 0.6) is 0 Å². The molecule has 1 heterocycles. The first-order valence-corrected chi connectivity index (χ1v) is 8.49. The molecule has 21 heavy (non-hydrogen) atoms. The molecular weight excluding hydrogens is 355 g/mol. The molecule has 0 amide bonds. The number of thioether (sulfide) groups is 1. The van der Waals surface area contributed by atoms with E-state index in [0.29, 0.717) is 5.75 Å². The van der Waals surface area contributed by atoms with E-state index in [1.807, 2.05) is 10.7 Å². The summed E-state index contributed by atoms with van der Waals surface area (Å²) < 4.78 is 16.1. The Kier molecular flexibility index (Phi) is 6.22. The van der Waals surface area contributed by atoms with Gasteiger partial charge in [0.05, 0.1) is 22.4 Å². The first kappa shape index (κ1) is 16.5. The Balaban J connectivity index is 2.11. The fourth-order valence-corrected chi connectivity index (χ4v) is 3.61. The van der Waals surface area contributed by atoms with Crippen LogP contribution in [0.3, 0.4) is 0 Å². The molecule has 3 N–H and O–H groups in total. The standard InChI is InChI=1S/C14H18BrFN4S/c1-2-6-20-14(12(15)8-18-20)13(19-17)9-21-11-5-3-4-10(16)7-11/h3-5,7-8,13,19H,2,6,9,17H2,1H3. The van der Waals surface area contributed by atoms with Crippen molar-refractivity contribution >= 4 is 27.7 Å². The van der Waals surface area contributed by atoms with Gasteiger partial charge in [0.1, 0.15) is 5.82 Å². The number of rotatable bonds is 7. The Hall–Kier alpha value is -0.890. The molecule has 0 bridgehead atoms. The summed E-state index contributed by atoms with van der Waals surface area (Å²) in [5, 5.41) is 4.35. The van der Waals surface area contributed by atoms with Crippen LogP contribution in [0.15, 0.2) is 39.8 Å². The van der Waals surface area contributed by atoms with Gasteiger partial charge in [-0.25, -0.2) is 4.39 Å². The van der Waals surface area contributed by atoms with Crippen molar-refractivity contribution in [2.45, 2.75) is 30.8 Å². The first-order valence-electron chi connectivity index (χ1n) is 6.71. The molecule has 1 atom stereocenters. The minimum absolute atomic E-state index is 0.0679.